The summed E-state index contributed by atoms with van der Waals surface area (Å²) >= 11 is 1.15. The van der Waals surface area contributed by atoms with Crippen molar-refractivity contribution in [3.8, 4) is 11.4 Å². The van der Waals surface area contributed by atoms with Crippen molar-refractivity contribution < 1.29 is 13.6 Å². The Morgan fingerprint density at radius 2 is 1.89 bits per heavy atom. The normalized spacial score (nSPS) is 11.1. The standard InChI is InChI=1S/C20H14F2N4OS/c1-11-2-5-14(19(23)27)15(8-11)20-25-24-18-7-4-13(10-26(18)20)28-17-6-3-12(21)9-16(17)22/h2-10H,1H3,(H2,23,27). The Kier molecular flexibility index (Phi) is 4.56. The molecule has 0 aliphatic rings. The van der Waals surface area contributed by atoms with Gasteiger partial charge in [-0.3, -0.25) is 9.20 Å². The lowest BCUT2D eigenvalue weighted by Gasteiger charge is -2.08. The minimum atomic E-state index is -0.635. The third-order valence-electron chi connectivity index (χ3n) is 4.18. The number of aryl methyl sites for hydroxylation is 1. The molecule has 0 unspecified atom stereocenters. The number of hydrogen-bond donors (Lipinski definition) is 1. The highest BCUT2D eigenvalue weighted by Gasteiger charge is 2.16. The first-order chi connectivity index (χ1) is 13.4. The lowest BCUT2D eigenvalue weighted by atomic mass is 10.0. The summed E-state index contributed by atoms with van der Waals surface area (Å²) in [6.45, 7) is 1.90. The quantitative estimate of drug-likeness (QED) is 0.560. The maximum absolute atomic E-state index is 14.0. The third-order valence-corrected chi connectivity index (χ3v) is 5.21. The molecule has 4 rings (SSSR count). The number of nitrogens with zero attached hydrogens (tertiary/aromatic N) is 3. The second-order valence-corrected chi connectivity index (χ2v) is 7.32. The molecule has 0 aliphatic carbocycles. The first kappa shape index (κ1) is 18.1. The van der Waals surface area contributed by atoms with Crippen LogP contribution in [0.25, 0.3) is 17.0 Å². The summed E-state index contributed by atoms with van der Waals surface area (Å²) in [6, 6.07) is 12.2. The Bertz CT molecular complexity index is 1220. The Labute approximate surface area is 163 Å². The second kappa shape index (κ2) is 7.05. The summed E-state index contributed by atoms with van der Waals surface area (Å²) in [5.41, 5.74) is 7.91. The molecule has 0 atom stereocenters. The van der Waals surface area contributed by atoms with Gasteiger partial charge in [0.05, 0.1) is 5.56 Å². The van der Waals surface area contributed by atoms with Gasteiger partial charge in [0.25, 0.3) is 0 Å². The van der Waals surface area contributed by atoms with Gasteiger partial charge in [0.15, 0.2) is 11.5 Å². The van der Waals surface area contributed by atoms with Crippen molar-refractivity contribution in [2.75, 3.05) is 0 Å². The van der Waals surface area contributed by atoms with Crippen LogP contribution in [0.15, 0.2) is 64.5 Å². The van der Waals surface area contributed by atoms with E-state index in [1.165, 1.54) is 12.1 Å². The van der Waals surface area contributed by atoms with Crippen molar-refractivity contribution in [2.24, 2.45) is 5.73 Å². The molecule has 0 saturated carbocycles. The number of carbonyl (C=O) groups excluding carboxylic acids is 1. The van der Waals surface area contributed by atoms with E-state index in [1.54, 1.807) is 34.9 Å². The number of nitrogens with two attached hydrogens (primary N) is 1. The molecule has 2 heterocycles. The van der Waals surface area contributed by atoms with E-state index in [1.807, 2.05) is 13.0 Å². The molecule has 0 aliphatic heterocycles. The molecule has 4 aromatic rings. The Balaban J connectivity index is 1.81. The number of benzene rings is 2. The van der Waals surface area contributed by atoms with Crippen LogP contribution in [-0.2, 0) is 0 Å². The average Bonchev–Trinajstić information content (AvgIpc) is 3.07. The first-order valence-electron chi connectivity index (χ1n) is 8.31. The van der Waals surface area contributed by atoms with Crippen molar-refractivity contribution in [2.45, 2.75) is 16.7 Å². The third kappa shape index (κ3) is 3.34. The second-order valence-electron chi connectivity index (χ2n) is 6.21. The largest absolute Gasteiger partial charge is 0.366 e. The van der Waals surface area contributed by atoms with Crippen LogP contribution in [0.2, 0.25) is 0 Å². The summed E-state index contributed by atoms with van der Waals surface area (Å²) in [5, 5.41) is 8.33. The highest BCUT2D eigenvalue weighted by molar-refractivity contribution is 7.99. The minimum Gasteiger partial charge on any atom is -0.366 e. The smallest absolute Gasteiger partial charge is 0.249 e. The Morgan fingerprint density at radius 3 is 2.64 bits per heavy atom. The number of aromatic nitrogens is 3. The summed E-state index contributed by atoms with van der Waals surface area (Å²) in [5.74, 6) is -1.37. The molecule has 2 N–H and O–H groups in total. The van der Waals surface area contributed by atoms with Gasteiger partial charge in [0, 0.05) is 27.6 Å². The van der Waals surface area contributed by atoms with E-state index in [4.69, 9.17) is 5.73 Å². The van der Waals surface area contributed by atoms with E-state index < -0.39 is 17.5 Å². The van der Waals surface area contributed by atoms with Crippen LogP contribution in [0.1, 0.15) is 15.9 Å². The van der Waals surface area contributed by atoms with Crippen LogP contribution >= 0.6 is 11.8 Å². The molecule has 0 fully saturated rings. The van der Waals surface area contributed by atoms with E-state index in [9.17, 15) is 13.6 Å². The minimum absolute atomic E-state index is 0.295. The summed E-state index contributed by atoms with van der Waals surface area (Å²) in [7, 11) is 0. The molecule has 2 aromatic heterocycles. The van der Waals surface area contributed by atoms with Crippen LogP contribution in [-0.4, -0.2) is 20.5 Å². The average molecular weight is 396 g/mol. The predicted octanol–water partition coefficient (Wildman–Crippen LogP) is 4.23. The van der Waals surface area contributed by atoms with Crippen molar-refractivity contribution in [1.82, 2.24) is 14.6 Å². The summed E-state index contributed by atoms with van der Waals surface area (Å²) in [4.78, 5) is 12.8. The predicted molar refractivity (Wildman–Crippen MR) is 102 cm³/mol. The number of primary amides is 1. The van der Waals surface area contributed by atoms with Crippen molar-refractivity contribution in [1.29, 1.82) is 0 Å². The summed E-state index contributed by atoms with van der Waals surface area (Å²) in [6.07, 6.45) is 1.74. The molecule has 1 amide bonds. The molecule has 140 valence electrons. The topological polar surface area (TPSA) is 73.3 Å². The maximum Gasteiger partial charge on any atom is 0.249 e. The van der Waals surface area contributed by atoms with Crippen LogP contribution < -0.4 is 5.73 Å². The van der Waals surface area contributed by atoms with Gasteiger partial charge in [-0.1, -0.05) is 23.4 Å². The molecule has 0 bridgehead atoms. The molecule has 8 heteroatoms. The number of rotatable bonds is 4. The van der Waals surface area contributed by atoms with Crippen LogP contribution in [0.4, 0.5) is 8.78 Å². The number of halogens is 2. The Morgan fingerprint density at radius 1 is 1.07 bits per heavy atom. The Hall–Kier alpha value is -3.26. The number of carbonyl (C=O) groups is 1. The lowest BCUT2D eigenvalue weighted by Crippen LogP contribution is -2.13. The van der Waals surface area contributed by atoms with Gasteiger partial charge >= 0.3 is 0 Å². The molecule has 28 heavy (non-hydrogen) atoms. The van der Waals surface area contributed by atoms with Crippen molar-refractivity contribution >= 4 is 23.3 Å². The number of amides is 1. The van der Waals surface area contributed by atoms with E-state index in [0.29, 0.717) is 32.4 Å². The first-order valence-corrected chi connectivity index (χ1v) is 9.12. The zero-order chi connectivity index (χ0) is 19.8. The van der Waals surface area contributed by atoms with Gasteiger partial charge in [0.2, 0.25) is 5.91 Å². The lowest BCUT2D eigenvalue weighted by molar-refractivity contribution is 0.100. The zero-order valence-corrected chi connectivity index (χ0v) is 15.5. The van der Waals surface area contributed by atoms with Gasteiger partial charge < -0.3 is 5.73 Å². The van der Waals surface area contributed by atoms with Gasteiger partial charge in [-0.05, 0) is 43.3 Å². The molecule has 0 saturated heterocycles. The number of hydrogen-bond acceptors (Lipinski definition) is 4. The monoisotopic (exact) mass is 396 g/mol. The van der Waals surface area contributed by atoms with Crippen LogP contribution in [0.5, 0.6) is 0 Å². The van der Waals surface area contributed by atoms with Gasteiger partial charge in [0.1, 0.15) is 11.6 Å². The fourth-order valence-corrected chi connectivity index (χ4v) is 3.70. The van der Waals surface area contributed by atoms with Gasteiger partial charge in [-0.15, -0.1) is 10.2 Å². The molecular formula is C20H14F2N4OS. The molecular weight excluding hydrogens is 382 g/mol. The van der Waals surface area contributed by atoms with E-state index in [-0.39, 0.29) is 0 Å². The number of fused-ring (bicyclic) bond motifs is 1. The van der Waals surface area contributed by atoms with E-state index >= 15 is 0 Å². The maximum atomic E-state index is 14.0. The summed E-state index contributed by atoms with van der Waals surface area (Å²) < 4.78 is 28.8. The SMILES string of the molecule is Cc1ccc(C(N)=O)c(-c2nnc3ccc(Sc4ccc(F)cc4F)cn23)c1. The molecule has 0 spiro atoms. The highest BCUT2D eigenvalue weighted by atomic mass is 32.2. The fourth-order valence-electron chi connectivity index (χ4n) is 2.86. The van der Waals surface area contributed by atoms with Crippen LogP contribution in [0.3, 0.4) is 0 Å². The molecule has 5 nitrogen and oxygen atoms in total. The fraction of sp³-hybridized carbons (Fsp3) is 0.0500. The number of pyridine rings is 1. The van der Waals surface area contributed by atoms with Crippen molar-refractivity contribution in [3.63, 3.8) is 0 Å². The van der Waals surface area contributed by atoms with E-state index in [0.717, 1.165) is 23.4 Å². The van der Waals surface area contributed by atoms with Crippen molar-refractivity contribution in [3.05, 3.63) is 77.5 Å². The zero-order valence-electron chi connectivity index (χ0n) is 14.7. The van der Waals surface area contributed by atoms with Gasteiger partial charge in [-0.2, -0.15) is 0 Å². The van der Waals surface area contributed by atoms with Crippen LogP contribution in [0, 0.1) is 18.6 Å². The highest BCUT2D eigenvalue weighted by Crippen LogP contribution is 2.32. The molecule has 2 aromatic carbocycles. The van der Waals surface area contributed by atoms with Gasteiger partial charge in [-0.25, -0.2) is 8.78 Å². The van der Waals surface area contributed by atoms with E-state index in [2.05, 4.69) is 10.2 Å². The molecule has 0 radical (unpaired) electrons.